The van der Waals surface area contributed by atoms with E-state index >= 15 is 0 Å². The molecule has 0 saturated heterocycles. The van der Waals surface area contributed by atoms with Crippen LogP contribution in [-0.4, -0.2) is 15.1 Å². The summed E-state index contributed by atoms with van der Waals surface area (Å²) in [4.78, 5) is 9.68. The highest BCUT2D eigenvalue weighted by atomic mass is 32.2. The molecule has 0 bridgehead atoms. The van der Waals surface area contributed by atoms with Crippen molar-refractivity contribution in [2.75, 3.05) is 0 Å². The Hall–Kier alpha value is -1.55. The summed E-state index contributed by atoms with van der Waals surface area (Å²) in [6, 6.07) is 9.22. The molecule has 0 aliphatic rings. The van der Waals surface area contributed by atoms with Crippen LogP contribution in [0.25, 0.3) is 0 Å². The Kier molecular flexibility index (Phi) is 3.87. The lowest BCUT2D eigenvalue weighted by atomic mass is 10.1. The van der Waals surface area contributed by atoms with E-state index in [0.29, 0.717) is 11.1 Å². The van der Waals surface area contributed by atoms with E-state index in [1.54, 1.807) is 12.1 Å². The molecule has 94 valence electrons. The molecular weight excluding hydrogens is 244 g/mol. The number of para-hydroxylation sites is 1. The van der Waals surface area contributed by atoms with Gasteiger partial charge in [0.25, 0.3) is 0 Å². The maximum atomic E-state index is 9.74. The fraction of sp³-hybridized carbons (Fsp3) is 0.286. The number of nitrogens with zero attached hydrogens (tertiary/aromatic N) is 2. The average molecular weight is 260 g/mol. The van der Waals surface area contributed by atoms with Gasteiger partial charge in [0.1, 0.15) is 5.75 Å². The summed E-state index contributed by atoms with van der Waals surface area (Å²) in [5, 5.41) is 10.4. The minimum atomic E-state index is 0.263. The lowest BCUT2D eigenvalue weighted by molar-refractivity contribution is 0.462. The highest BCUT2D eigenvalue weighted by Gasteiger charge is 2.09. The second-order valence-electron chi connectivity index (χ2n) is 4.44. The van der Waals surface area contributed by atoms with Gasteiger partial charge in [-0.15, -0.1) is 0 Å². The van der Waals surface area contributed by atoms with Gasteiger partial charge in [-0.1, -0.05) is 26.0 Å². The first kappa shape index (κ1) is 12.9. The van der Waals surface area contributed by atoms with Gasteiger partial charge in [0, 0.05) is 11.4 Å². The summed E-state index contributed by atoms with van der Waals surface area (Å²) in [6.45, 7) is 6.18. The normalized spacial score (nSPS) is 10.9. The predicted molar refractivity (Wildman–Crippen MR) is 73.1 cm³/mol. The molecule has 0 saturated carbocycles. The van der Waals surface area contributed by atoms with Crippen molar-refractivity contribution in [2.45, 2.75) is 36.7 Å². The zero-order chi connectivity index (χ0) is 13.1. The molecule has 18 heavy (non-hydrogen) atoms. The molecular formula is C14H16N2OS. The molecule has 0 radical (unpaired) electrons. The maximum absolute atomic E-state index is 9.74. The van der Waals surface area contributed by atoms with Crippen molar-refractivity contribution in [1.82, 2.24) is 9.97 Å². The summed E-state index contributed by atoms with van der Waals surface area (Å²) in [5.41, 5.74) is 1.98. The lowest BCUT2D eigenvalue weighted by Crippen LogP contribution is -1.98. The maximum Gasteiger partial charge on any atom is 0.193 e. The van der Waals surface area contributed by atoms with Crippen molar-refractivity contribution < 1.29 is 5.11 Å². The third kappa shape index (κ3) is 3.01. The van der Waals surface area contributed by atoms with Crippen molar-refractivity contribution in [3.63, 3.8) is 0 Å². The Morgan fingerprint density at radius 2 is 1.89 bits per heavy atom. The SMILES string of the molecule is Cc1cc(C(C)C)nc(Sc2ccccc2O)n1. The number of benzene rings is 1. The number of aromatic nitrogens is 2. The predicted octanol–water partition coefficient (Wildman–Crippen LogP) is 3.77. The van der Waals surface area contributed by atoms with Crippen LogP contribution in [0.3, 0.4) is 0 Å². The first-order valence-corrected chi connectivity index (χ1v) is 6.69. The van der Waals surface area contributed by atoms with Gasteiger partial charge < -0.3 is 5.11 Å². The molecule has 1 aromatic heterocycles. The molecule has 0 fully saturated rings. The van der Waals surface area contributed by atoms with Crippen LogP contribution in [0.1, 0.15) is 31.2 Å². The zero-order valence-corrected chi connectivity index (χ0v) is 11.5. The van der Waals surface area contributed by atoms with E-state index in [2.05, 4.69) is 23.8 Å². The third-order valence-corrected chi connectivity index (χ3v) is 3.44. The number of hydrogen-bond donors (Lipinski definition) is 1. The minimum absolute atomic E-state index is 0.263. The Morgan fingerprint density at radius 1 is 1.17 bits per heavy atom. The Balaban J connectivity index is 2.32. The largest absolute Gasteiger partial charge is 0.507 e. The van der Waals surface area contributed by atoms with E-state index in [-0.39, 0.29) is 5.75 Å². The molecule has 4 heteroatoms. The summed E-state index contributed by atoms with van der Waals surface area (Å²) >= 11 is 1.39. The molecule has 0 aliphatic carbocycles. The van der Waals surface area contributed by atoms with Gasteiger partial charge in [-0.3, -0.25) is 0 Å². The van der Waals surface area contributed by atoms with Crippen LogP contribution in [-0.2, 0) is 0 Å². The topological polar surface area (TPSA) is 46.0 Å². The Bertz CT molecular complexity index is 555. The Morgan fingerprint density at radius 3 is 2.56 bits per heavy atom. The number of aryl methyl sites for hydroxylation is 1. The van der Waals surface area contributed by atoms with Crippen LogP contribution < -0.4 is 0 Å². The number of hydrogen-bond acceptors (Lipinski definition) is 4. The fourth-order valence-electron chi connectivity index (χ4n) is 1.55. The van der Waals surface area contributed by atoms with Crippen LogP contribution >= 0.6 is 11.8 Å². The minimum Gasteiger partial charge on any atom is -0.507 e. The van der Waals surface area contributed by atoms with Gasteiger partial charge in [-0.2, -0.15) is 0 Å². The van der Waals surface area contributed by atoms with Crippen molar-refractivity contribution in [2.24, 2.45) is 0 Å². The standard InChI is InChI=1S/C14H16N2OS/c1-9(2)11-8-10(3)15-14(16-11)18-13-7-5-4-6-12(13)17/h4-9,17H,1-3H3. The second kappa shape index (κ2) is 5.40. The first-order chi connectivity index (χ1) is 8.56. The van der Waals surface area contributed by atoms with Gasteiger partial charge in [-0.05, 0) is 42.8 Å². The first-order valence-electron chi connectivity index (χ1n) is 5.87. The quantitative estimate of drug-likeness (QED) is 0.853. The van der Waals surface area contributed by atoms with E-state index in [4.69, 9.17) is 0 Å². The second-order valence-corrected chi connectivity index (χ2v) is 5.45. The smallest absolute Gasteiger partial charge is 0.193 e. The third-order valence-electron chi connectivity index (χ3n) is 2.51. The molecule has 2 aromatic rings. The molecule has 0 aliphatic heterocycles. The van der Waals surface area contributed by atoms with Gasteiger partial charge in [0.2, 0.25) is 0 Å². The van der Waals surface area contributed by atoms with Crippen LogP contribution in [0, 0.1) is 6.92 Å². The highest BCUT2D eigenvalue weighted by molar-refractivity contribution is 7.99. The summed E-state index contributed by atoms with van der Waals surface area (Å²) in [6.07, 6.45) is 0. The van der Waals surface area contributed by atoms with Crippen molar-refractivity contribution >= 4 is 11.8 Å². The molecule has 0 spiro atoms. The van der Waals surface area contributed by atoms with Crippen LogP contribution in [0.15, 0.2) is 40.4 Å². The molecule has 0 atom stereocenters. The van der Waals surface area contributed by atoms with Crippen molar-refractivity contribution in [3.05, 3.63) is 41.7 Å². The number of aromatic hydroxyl groups is 1. The van der Waals surface area contributed by atoms with Gasteiger partial charge in [0.05, 0.1) is 4.90 Å². The zero-order valence-electron chi connectivity index (χ0n) is 10.7. The molecule has 3 nitrogen and oxygen atoms in total. The van der Waals surface area contributed by atoms with E-state index in [0.717, 1.165) is 16.3 Å². The van der Waals surface area contributed by atoms with E-state index in [9.17, 15) is 5.11 Å². The number of phenols is 1. The summed E-state index contributed by atoms with van der Waals surface area (Å²) in [5.74, 6) is 0.633. The molecule has 1 aromatic carbocycles. The molecule has 0 amide bonds. The van der Waals surface area contributed by atoms with Crippen LogP contribution in [0.2, 0.25) is 0 Å². The van der Waals surface area contributed by atoms with Gasteiger partial charge in [0.15, 0.2) is 5.16 Å². The number of phenolic OH excluding ortho intramolecular Hbond substituents is 1. The monoisotopic (exact) mass is 260 g/mol. The van der Waals surface area contributed by atoms with Crippen LogP contribution in [0.4, 0.5) is 0 Å². The van der Waals surface area contributed by atoms with E-state index in [1.165, 1.54) is 11.8 Å². The lowest BCUT2D eigenvalue weighted by Gasteiger charge is -2.08. The molecule has 1 N–H and O–H groups in total. The van der Waals surface area contributed by atoms with Crippen molar-refractivity contribution in [1.29, 1.82) is 0 Å². The van der Waals surface area contributed by atoms with E-state index < -0.39 is 0 Å². The number of rotatable bonds is 3. The fourth-order valence-corrected chi connectivity index (χ4v) is 2.40. The molecule has 1 heterocycles. The van der Waals surface area contributed by atoms with Crippen molar-refractivity contribution in [3.8, 4) is 5.75 Å². The molecule has 0 unspecified atom stereocenters. The van der Waals surface area contributed by atoms with Gasteiger partial charge in [-0.25, -0.2) is 9.97 Å². The Labute approximate surface area is 111 Å². The van der Waals surface area contributed by atoms with Gasteiger partial charge >= 0.3 is 0 Å². The highest BCUT2D eigenvalue weighted by Crippen LogP contribution is 2.32. The molecule has 2 rings (SSSR count). The van der Waals surface area contributed by atoms with Crippen LogP contribution in [0.5, 0.6) is 5.75 Å². The van der Waals surface area contributed by atoms with E-state index in [1.807, 2.05) is 25.1 Å². The summed E-state index contributed by atoms with van der Waals surface area (Å²) in [7, 11) is 0. The summed E-state index contributed by atoms with van der Waals surface area (Å²) < 4.78 is 0. The average Bonchev–Trinajstić information content (AvgIpc) is 2.31.